The van der Waals surface area contributed by atoms with E-state index in [0.717, 1.165) is 35.1 Å². The van der Waals surface area contributed by atoms with Gasteiger partial charge in [0.25, 0.3) is 5.56 Å². The third-order valence-electron chi connectivity index (χ3n) is 5.15. The summed E-state index contributed by atoms with van der Waals surface area (Å²) in [5.74, 6) is -0.992. The molecule has 1 aliphatic rings. The number of nitrogens with two attached hydrogens (primary N) is 1. The highest BCUT2D eigenvalue weighted by Crippen LogP contribution is 2.43. The number of nitrogens with zero attached hydrogens (tertiary/aromatic N) is 1. The zero-order valence-corrected chi connectivity index (χ0v) is 15.9. The lowest BCUT2D eigenvalue weighted by atomic mass is 9.96. The molecule has 0 radical (unpaired) electrons. The predicted molar refractivity (Wildman–Crippen MR) is 104 cm³/mol. The summed E-state index contributed by atoms with van der Waals surface area (Å²) in [6, 6.07) is 9.44. The molecule has 1 fully saturated rings. The van der Waals surface area contributed by atoms with E-state index in [-0.39, 0.29) is 16.4 Å². The van der Waals surface area contributed by atoms with Crippen LogP contribution in [0.5, 0.6) is 0 Å². The van der Waals surface area contributed by atoms with Crippen molar-refractivity contribution >= 4 is 21.5 Å². The van der Waals surface area contributed by atoms with Crippen LogP contribution in [0.15, 0.2) is 52.3 Å². The zero-order valence-electron chi connectivity index (χ0n) is 15.0. The number of carboxylic acid groups (broad SMARTS) is 1. The van der Waals surface area contributed by atoms with E-state index in [0.29, 0.717) is 5.52 Å². The number of sulfonamides is 1. The molecule has 0 unspecified atom stereocenters. The number of primary sulfonamides is 1. The van der Waals surface area contributed by atoms with Gasteiger partial charge in [-0.3, -0.25) is 9.20 Å². The van der Waals surface area contributed by atoms with Gasteiger partial charge in [-0.2, -0.15) is 0 Å². The molecule has 2 heterocycles. The topological polar surface area (TPSA) is 119 Å². The average Bonchev–Trinajstić information content (AvgIpc) is 3.47. The molecule has 0 spiro atoms. The fourth-order valence-corrected chi connectivity index (χ4v) is 4.11. The van der Waals surface area contributed by atoms with Gasteiger partial charge in [0.1, 0.15) is 5.56 Å². The number of aromatic nitrogens is 1. The Morgan fingerprint density at radius 2 is 1.82 bits per heavy atom. The lowest BCUT2D eigenvalue weighted by molar-refractivity contribution is 0.0694. The standard InChI is InChI=1S/C20H18N2O5S/c1-11-15(12-4-6-14(7-5-12)28(21,26)27)8-9-22-18(11)16(13-2-3-13)10-17(19(22)23)20(24)25/h4-10,13H,2-3H2,1H3,(H,24,25)(H2,21,26,27). The summed E-state index contributed by atoms with van der Waals surface area (Å²) < 4.78 is 24.3. The first-order chi connectivity index (χ1) is 13.2. The minimum absolute atomic E-state index is 0.0238. The van der Waals surface area contributed by atoms with Crippen molar-refractivity contribution in [2.75, 3.05) is 0 Å². The van der Waals surface area contributed by atoms with Crippen molar-refractivity contribution in [1.29, 1.82) is 0 Å². The molecular weight excluding hydrogens is 380 g/mol. The van der Waals surface area contributed by atoms with Crippen LogP contribution in [0.3, 0.4) is 0 Å². The Labute approximate surface area is 161 Å². The fourth-order valence-electron chi connectivity index (χ4n) is 3.59. The lowest BCUT2D eigenvalue weighted by Gasteiger charge is -2.15. The highest BCUT2D eigenvalue weighted by atomic mass is 32.2. The molecule has 1 aromatic carbocycles. The fraction of sp³-hybridized carbons (Fsp3) is 0.200. The Morgan fingerprint density at radius 3 is 2.36 bits per heavy atom. The number of aromatic carboxylic acids is 1. The summed E-state index contributed by atoms with van der Waals surface area (Å²) >= 11 is 0. The van der Waals surface area contributed by atoms with Crippen LogP contribution in [0.2, 0.25) is 0 Å². The molecule has 0 amide bonds. The van der Waals surface area contributed by atoms with Gasteiger partial charge in [-0.25, -0.2) is 18.4 Å². The summed E-state index contributed by atoms with van der Waals surface area (Å²) in [5, 5.41) is 14.5. The maximum absolute atomic E-state index is 12.6. The first-order valence-corrected chi connectivity index (χ1v) is 10.3. The molecule has 3 aromatic rings. The van der Waals surface area contributed by atoms with Crippen molar-refractivity contribution in [2.24, 2.45) is 5.14 Å². The third kappa shape index (κ3) is 3.00. The number of aryl methyl sites for hydroxylation is 1. The van der Waals surface area contributed by atoms with Gasteiger partial charge in [-0.05, 0) is 72.2 Å². The van der Waals surface area contributed by atoms with Crippen LogP contribution in [-0.4, -0.2) is 23.9 Å². The van der Waals surface area contributed by atoms with Gasteiger partial charge in [0, 0.05) is 6.20 Å². The molecule has 0 atom stereocenters. The third-order valence-corrected chi connectivity index (χ3v) is 6.08. The van der Waals surface area contributed by atoms with Crippen molar-refractivity contribution in [3.05, 3.63) is 69.6 Å². The lowest BCUT2D eigenvalue weighted by Crippen LogP contribution is -2.23. The van der Waals surface area contributed by atoms with Crippen LogP contribution < -0.4 is 10.7 Å². The average molecular weight is 398 g/mol. The highest BCUT2D eigenvalue weighted by molar-refractivity contribution is 7.89. The summed E-state index contributed by atoms with van der Waals surface area (Å²) in [6.07, 6.45) is 3.49. The number of carboxylic acids is 1. The molecule has 3 N–H and O–H groups in total. The van der Waals surface area contributed by atoms with Gasteiger partial charge in [0.05, 0.1) is 10.4 Å². The van der Waals surface area contributed by atoms with Crippen LogP contribution >= 0.6 is 0 Å². The van der Waals surface area contributed by atoms with E-state index in [2.05, 4.69) is 0 Å². The molecular formula is C20H18N2O5S. The van der Waals surface area contributed by atoms with Gasteiger partial charge in [0.2, 0.25) is 10.0 Å². The molecule has 0 aliphatic heterocycles. The molecule has 1 saturated carbocycles. The summed E-state index contributed by atoms with van der Waals surface area (Å²) in [7, 11) is -3.78. The second kappa shape index (κ2) is 6.29. The largest absolute Gasteiger partial charge is 0.477 e. The van der Waals surface area contributed by atoms with Crippen LogP contribution in [0.1, 0.15) is 40.2 Å². The predicted octanol–water partition coefficient (Wildman–Crippen LogP) is 2.50. The van der Waals surface area contributed by atoms with E-state index in [4.69, 9.17) is 5.14 Å². The molecule has 144 valence electrons. The SMILES string of the molecule is Cc1c(-c2ccc(S(N)(=O)=O)cc2)ccn2c(=O)c(C(=O)O)cc(C3CC3)c12. The number of hydrogen-bond acceptors (Lipinski definition) is 4. The van der Waals surface area contributed by atoms with Crippen molar-refractivity contribution in [1.82, 2.24) is 4.40 Å². The van der Waals surface area contributed by atoms with Crippen molar-refractivity contribution in [2.45, 2.75) is 30.6 Å². The van der Waals surface area contributed by atoms with E-state index in [1.807, 2.05) is 6.92 Å². The van der Waals surface area contributed by atoms with E-state index in [9.17, 15) is 23.1 Å². The number of fused-ring (bicyclic) bond motifs is 1. The summed E-state index contributed by atoms with van der Waals surface area (Å²) in [6.45, 7) is 1.88. The Hall–Kier alpha value is -2.97. The second-order valence-corrected chi connectivity index (χ2v) is 8.60. The van der Waals surface area contributed by atoms with E-state index in [1.165, 1.54) is 22.6 Å². The first kappa shape index (κ1) is 18.4. The number of pyridine rings is 2. The van der Waals surface area contributed by atoms with Crippen LogP contribution in [0.25, 0.3) is 16.6 Å². The van der Waals surface area contributed by atoms with Crippen LogP contribution in [0, 0.1) is 6.92 Å². The molecule has 28 heavy (non-hydrogen) atoms. The van der Waals surface area contributed by atoms with Crippen LogP contribution in [-0.2, 0) is 10.0 Å². The molecule has 4 rings (SSSR count). The van der Waals surface area contributed by atoms with Gasteiger partial charge in [0.15, 0.2) is 0 Å². The molecule has 2 aromatic heterocycles. The molecule has 0 saturated heterocycles. The Bertz CT molecular complexity index is 1290. The molecule has 7 nitrogen and oxygen atoms in total. The van der Waals surface area contributed by atoms with Crippen molar-refractivity contribution < 1.29 is 18.3 Å². The maximum Gasteiger partial charge on any atom is 0.341 e. The molecule has 0 bridgehead atoms. The zero-order chi connectivity index (χ0) is 20.2. The van der Waals surface area contributed by atoms with Gasteiger partial charge in [-0.15, -0.1) is 0 Å². The van der Waals surface area contributed by atoms with E-state index in [1.54, 1.807) is 24.4 Å². The monoisotopic (exact) mass is 398 g/mol. The van der Waals surface area contributed by atoms with Crippen molar-refractivity contribution in [3.8, 4) is 11.1 Å². The van der Waals surface area contributed by atoms with Gasteiger partial charge in [-0.1, -0.05) is 12.1 Å². The molecule has 1 aliphatic carbocycles. The highest BCUT2D eigenvalue weighted by Gasteiger charge is 2.29. The number of carbonyl (C=O) groups is 1. The van der Waals surface area contributed by atoms with Crippen molar-refractivity contribution in [3.63, 3.8) is 0 Å². The minimum Gasteiger partial charge on any atom is -0.477 e. The minimum atomic E-state index is -3.78. The first-order valence-electron chi connectivity index (χ1n) is 8.74. The number of hydrogen-bond donors (Lipinski definition) is 2. The van der Waals surface area contributed by atoms with Gasteiger partial charge < -0.3 is 5.11 Å². The maximum atomic E-state index is 12.6. The Morgan fingerprint density at radius 1 is 1.18 bits per heavy atom. The smallest absolute Gasteiger partial charge is 0.341 e. The second-order valence-electron chi connectivity index (χ2n) is 7.04. The summed E-state index contributed by atoms with van der Waals surface area (Å²) in [5.41, 5.74) is 3.23. The summed E-state index contributed by atoms with van der Waals surface area (Å²) in [4.78, 5) is 24.1. The van der Waals surface area contributed by atoms with Crippen LogP contribution in [0.4, 0.5) is 0 Å². The Balaban J connectivity index is 1.97. The molecule has 8 heteroatoms. The quantitative estimate of drug-likeness (QED) is 0.700. The van der Waals surface area contributed by atoms with E-state index < -0.39 is 21.6 Å². The number of benzene rings is 1. The van der Waals surface area contributed by atoms with E-state index >= 15 is 0 Å². The van der Waals surface area contributed by atoms with Gasteiger partial charge >= 0.3 is 5.97 Å². The Kier molecular flexibility index (Phi) is 4.13. The normalized spacial score (nSPS) is 14.4. The number of rotatable bonds is 4.